The van der Waals surface area contributed by atoms with Crippen LogP contribution in [0.2, 0.25) is 10.0 Å². The van der Waals surface area contributed by atoms with E-state index in [9.17, 15) is 14.4 Å². The summed E-state index contributed by atoms with van der Waals surface area (Å²) >= 11 is 16.1. The van der Waals surface area contributed by atoms with E-state index in [4.69, 9.17) is 23.2 Å². The molecule has 0 aliphatic carbocycles. The van der Waals surface area contributed by atoms with Crippen LogP contribution >= 0.6 is 57.6 Å². The summed E-state index contributed by atoms with van der Waals surface area (Å²) in [5.74, 6) is -0.799. The second-order valence-electron chi connectivity index (χ2n) is 9.52. The average molecular weight is 708 g/mol. The summed E-state index contributed by atoms with van der Waals surface area (Å²) in [6.45, 7) is 1.05. The summed E-state index contributed by atoms with van der Waals surface area (Å²) in [5.41, 5.74) is 3.79. The number of imide groups is 1. The van der Waals surface area contributed by atoms with Crippen LogP contribution < -0.4 is 10.2 Å². The summed E-state index contributed by atoms with van der Waals surface area (Å²) < 4.78 is -1.25. The summed E-state index contributed by atoms with van der Waals surface area (Å²) in [4.78, 5) is 49.7. The van der Waals surface area contributed by atoms with Crippen LogP contribution in [0.3, 0.4) is 0 Å². The van der Waals surface area contributed by atoms with Crippen molar-refractivity contribution in [1.29, 1.82) is 0 Å². The number of carbonyl (C=O) groups excluding carboxylic acids is 3. The molecule has 5 rings (SSSR count). The topological polar surface area (TPSA) is 95.5 Å². The molecule has 8 nitrogen and oxygen atoms in total. The Kier molecular flexibility index (Phi) is 8.81. The van der Waals surface area contributed by atoms with E-state index in [-0.39, 0.29) is 11.2 Å². The molecule has 12 heteroatoms. The van der Waals surface area contributed by atoms with Crippen LogP contribution in [0.15, 0.2) is 72.2 Å². The van der Waals surface area contributed by atoms with E-state index in [1.165, 1.54) is 11.2 Å². The fourth-order valence-corrected chi connectivity index (χ4v) is 7.48. The molecular weight excluding hydrogens is 684 g/mol. The number of hydrogen-bond acceptors (Lipinski definition) is 7. The molecule has 2 aliphatic rings. The summed E-state index contributed by atoms with van der Waals surface area (Å²) in [6.07, 6.45) is 6.54. The number of amides is 3. The van der Waals surface area contributed by atoms with Gasteiger partial charge in [-0.15, -0.1) is 11.8 Å². The smallest absolute Gasteiger partial charge is 0.315 e. The monoisotopic (exact) mass is 707 g/mol. The Bertz CT molecular complexity index is 1460. The Labute approximate surface area is 259 Å². The molecule has 1 N–H and O–H groups in total. The van der Waals surface area contributed by atoms with E-state index in [1.54, 1.807) is 49.4 Å². The molecule has 2 aromatic carbocycles. The molecule has 2 aliphatic heterocycles. The van der Waals surface area contributed by atoms with E-state index < -0.39 is 15.5 Å². The van der Waals surface area contributed by atoms with Crippen molar-refractivity contribution in [3.8, 4) is 11.1 Å². The molecule has 1 unspecified atom stereocenters. The highest BCUT2D eigenvalue weighted by Gasteiger charge is 2.59. The number of aldehydes is 1. The van der Waals surface area contributed by atoms with Gasteiger partial charge in [0.25, 0.3) is 5.91 Å². The average Bonchev–Trinajstić information content (AvgIpc) is 3.48. The van der Waals surface area contributed by atoms with Crippen LogP contribution in [-0.4, -0.2) is 62.0 Å². The van der Waals surface area contributed by atoms with Gasteiger partial charge in [0.1, 0.15) is 12.6 Å². The SMILES string of the molecule is CN1C(=O)N(c2cc(Cl)cc(Cl)c2)C(=O)[C@@]1(I)[C@@H](CNCC1CC(C=O)=CS1)c1ccc(-c2cncnc2)cc1. The van der Waals surface area contributed by atoms with Gasteiger partial charge < -0.3 is 10.2 Å². The second kappa shape index (κ2) is 12.2. The van der Waals surface area contributed by atoms with Crippen LogP contribution in [0.1, 0.15) is 17.9 Å². The lowest BCUT2D eigenvalue weighted by Crippen LogP contribution is -2.50. The zero-order chi connectivity index (χ0) is 28.4. The number of rotatable bonds is 9. The zero-order valence-electron chi connectivity index (χ0n) is 21.3. The maximum atomic E-state index is 14.1. The number of likely N-dealkylation sites (N-methyl/N-ethyl adjacent to an activating group) is 1. The summed E-state index contributed by atoms with van der Waals surface area (Å²) in [6, 6.07) is 12.1. The molecule has 0 saturated carbocycles. The third-order valence-corrected chi connectivity index (χ3v) is 10.5. The van der Waals surface area contributed by atoms with E-state index in [2.05, 4.69) is 37.9 Å². The molecule has 1 saturated heterocycles. The standard InChI is InChI=1S/C28H24Cl2IN5O3S/c1-35-27(39)36(23-8-21(29)7-22(30)9-23)26(38)28(35,31)25(13-32-12-24-6-17(14-37)15-40-24)19-4-2-18(3-5-19)20-10-33-16-34-11-20/h2-5,7-11,14-16,24-25,32H,6,12-13H2,1H3/t24?,25-,28+/m0/s1. The molecule has 206 valence electrons. The minimum atomic E-state index is -1.25. The normalized spacial score (nSPS) is 21.6. The van der Waals surface area contributed by atoms with Crippen molar-refractivity contribution >= 4 is 81.5 Å². The van der Waals surface area contributed by atoms with Gasteiger partial charge in [0.05, 0.1) is 5.69 Å². The number of benzene rings is 2. The molecule has 3 aromatic rings. The number of urea groups is 1. The van der Waals surface area contributed by atoms with Crippen LogP contribution in [0.5, 0.6) is 0 Å². The third-order valence-electron chi connectivity index (χ3n) is 6.99. The van der Waals surface area contributed by atoms with Gasteiger partial charge >= 0.3 is 6.03 Å². The van der Waals surface area contributed by atoms with Crippen molar-refractivity contribution in [2.24, 2.45) is 0 Å². The van der Waals surface area contributed by atoms with Gasteiger partial charge in [-0.3, -0.25) is 9.59 Å². The Morgan fingerprint density at radius 2 is 1.80 bits per heavy atom. The van der Waals surface area contributed by atoms with Gasteiger partial charge in [-0.25, -0.2) is 19.7 Å². The van der Waals surface area contributed by atoms with Crippen molar-refractivity contribution in [2.45, 2.75) is 21.1 Å². The maximum Gasteiger partial charge on any atom is 0.332 e. The number of nitrogens with zero attached hydrogens (tertiary/aromatic N) is 4. The number of halogens is 3. The Balaban J connectivity index is 1.47. The third kappa shape index (κ3) is 5.64. The Hall–Kier alpha value is -2.51. The second-order valence-corrected chi connectivity index (χ2v) is 13.2. The summed E-state index contributed by atoms with van der Waals surface area (Å²) in [5, 5.41) is 6.27. The number of hydrogen-bond donors (Lipinski definition) is 1. The van der Waals surface area contributed by atoms with Crippen LogP contribution in [0, 0.1) is 0 Å². The maximum absolute atomic E-state index is 14.1. The number of allylic oxidation sites excluding steroid dienone is 1. The number of thioether (sulfide) groups is 1. The van der Waals surface area contributed by atoms with Gasteiger partial charge in [0.15, 0.2) is 3.55 Å². The van der Waals surface area contributed by atoms with Crippen molar-refractivity contribution in [3.05, 3.63) is 87.8 Å². The highest BCUT2D eigenvalue weighted by molar-refractivity contribution is 14.1. The van der Waals surface area contributed by atoms with E-state index >= 15 is 0 Å². The predicted molar refractivity (Wildman–Crippen MR) is 167 cm³/mol. The van der Waals surface area contributed by atoms with Crippen molar-refractivity contribution in [3.63, 3.8) is 0 Å². The van der Waals surface area contributed by atoms with Gasteiger partial charge in [-0.2, -0.15) is 0 Å². The highest BCUT2D eigenvalue weighted by Crippen LogP contribution is 2.46. The minimum Gasteiger partial charge on any atom is -0.315 e. The highest BCUT2D eigenvalue weighted by atomic mass is 127. The van der Waals surface area contributed by atoms with Gasteiger partial charge in [0.2, 0.25) is 0 Å². The van der Waals surface area contributed by atoms with E-state index in [1.807, 2.05) is 29.7 Å². The van der Waals surface area contributed by atoms with Crippen molar-refractivity contribution in [2.75, 3.05) is 25.0 Å². The predicted octanol–water partition coefficient (Wildman–Crippen LogP) is 5.94. The number of aromatic nitrogens is 2. The molecule has 0 radical (unpaired) electrons. The lowest BCUT2D eigenvalue weighted by Gasteiger charge is -2.35. The van der Waals surface area contributed by atoms with Gasteiger partial charge in [-0.05, 0) is 69.3 Å². The van der Waals surface area contributed by atoms with Crippen LogP contribution in [-0.2, 0) is 9.59 Å². The molecule has 40 heavy (non-hydrogen) atoms. The first-order valence-electron chi connectivity index (χ1n) is 12.4. The quantitative estimate of drug-likeness (QED) is 0.0967. The first-order chi connectivity index (χ1) is 19.2. The van der Waals surface area contributed by atoms with Crippen LogP contribution in [0.4, 0.5) is 10.5 Å². The first-order valence-corrected chi connectivity index (χ1v) is 15.1. The molecule has 3 atom stereocenters. The van der Waals surface area contributed by atoms with Crippen molar-refractivity contribution < 1.29 is 14.4 Å². The van der Waals surface area contributed by atoms with Gasteiger partial charge in [-0.1, -0.05) is 47.5 Å². The summed E-state index contributed by atoms with van der Waals surface area (Å²) in [7, 11) is 1.63. The molecule has 3 heterocycles. The molecule has 1 fully saturated rings. The fourth-order valence-electron chi connectivity index (χ4n) is 4.91. The molecule has 0 spiro atoms. The Morgan fingerprint density at radius 1 is 1.12 bits per heavy atom. The zero-order valence-corrected chi connectivity index (χ0v) is 25.7. The Morgan fingerprint density at radius 3 is 2.42 bits per heavy atom. The molecule has 3 amide bonds. The van der Waals surface area contributed by atoms with E-state index in [0.717, 1.165) is 33.4 Å². The van der Waals surface area contributed by atoms with Crippen molar-refractivity contribution in [1.82, 2.24) is 20.2 Å². The fraction of sp³-hybridized carbons (Fsp3) is 0.250. The van der Waals surface area contributed by atoms with E-state index in [0.29, 0.717) is 35.2 Å². The lowest BCUT2D eigenvalue weighted by atomic mass is 9.89. The van der Waals surface area contributed by atoms with Crippen LogP contribution in [0.25, 0.3) is 11.1 Å². The number of alkyl halides is 1. The number of carbonyl (C=O) groups is 3. The first kappa shape index (κ1) is 29.0. The lowest BCUT2D eigenvalue weighted by molar-refractivity contribution is -0.120. The largest absolute Gasteiger partial charge is 0.332 e. The number of nitrogens with one attached hydrogen (secondary N) is 1. The van der Waals surface area contributed by atoms with Gasteiger partial charge in [0, 0.05) is 59.3 Å². The molecule has 1 aromatic heterocycles. The number of anilines is 1. The molecular formula is C28H24Cl2IN5O3S. The molecule has 0 bridgehead atoms. The minimum absolute atomic E-state index is 0.218.